The molecule has 0 aliphatic carbocycles. The zero-order valence-electron chi connectivity index (χ0n) is 26.4. The second-order valence-corrected chi connectivity index (χ2v) is 14.5. The van der Waals surface area contributed by atoms with Gasteiger partial charge in [0.1, 0.15) is 23.4 Å². The van der Waals surface area contributed by atoms with Gasteiger partial charge < -0.3 is 20.3 Å². The summed E-state index contributed by atoms with van der Waals surface area (Å²) < 4.78 is 36.6. The van der Waals surface area contributed by atoms with Gasteiger partial charge in [-0.2, -0.15) is 4.31 Å². The number of hydrogen-bond donors (Lipinski definition) is 2. The second-order valence-electron chi connectivity index (χ2n) is 11.8. The number of nitrogens with two attached hydrogens (primary N) is 1. The van der Waals surface area contributed by atoms with Gasteiger partial charge in [0.05, 0.1) is 5.02 Å². The van der Waals surface area contributed by atoms with E-state index >= 15 is 0 Å². The van der Waals surface area contributed by atoms with E-state index < -0.39 is 16.1 Å². The number of aromatic nitrogens is 2. The van der Waals surface area contributed by atoms with Crippen molar-refractivity contribution in [2.75, 3.05) is 32.7 Å². The fourth-order valence-electron chi connectivity index (χ4n) is 6.10. The van der Waals surface area contributed by atoms with Gasteiger partial charge in [-0.15, -0.1) is 0 Å². The molecule has 2 saturated heterocycles. The first-order valence-electron chi connectivity index (χ1n) is 15.5. The van der Waals surface area contributed by atoms with Gasteiger partial charge in [-0.1, -0.05) is 35.3 Å². The number of sulfonamides is 1. The molecule has 2 aliphatic rings. The van der Waals surface area contributed by atoms with Gasteiger partial charge in [0.25, 0.3) is 11.5 Å². The number of pyridine rings is 1. The van der Waals surface area contributed by atoms with Crippen molar-refractivity contribution >= 4 is 56.5 Å². The van der Waals surface area contributed by atoms with Crippen LogP contribution in [-0.2, 0) is 21.4 Å². The number of benzene rings is 2. The molecule has 2 fully saturated rings. The molecule has 0 spiro atoms. The van der Waals surface area contributed by atoms with Gasteiger partial charge in [-0.05, 0) is 56.2 Å². The van der Waals surface area contributed by atoms with E-state index in [2.05, 4.69) is 4.98 Å². The third-order valence-corrected chi connectivity index (χ3v) is 11.6. The van der Waals surface area contributed by atoms with Crippen LogP contribution in [0, 0.1) is 12.3 Å². The van der Waals surface area contributed by atoms with E-state index in [0.29, 0.717) is 29.7 Å². The van der Waals surface area contributed by atoms with Crippen LogP contribution in [0.4, 0.5) is 0 Å². The Morgan fingerprint density at radius 2 is 1.67 bits per heavy atom. The molecule has 2 aliphatic heterocycles. The highest BCUT2D eigenvalue weighted by atomic mass is 35.5. The van der Waals surface area contributed by atoms with Gasteiger partial charge in [0, 0.05) is 72.4 Å². The summed E-state index contributed by atoms with van der Waals surface area (Å²) in [6.07, 6.45) is 2.39. The van der Waals surface area contributed by atoms with E-state index in [1.54, 1.807) is 59.3 Å². The first-order chi connectivity index (χ1) is 23.4. The minimum atomic E-state index is -4.25. The summed E-state index contributed by atoms with van der Waals surface area (Å²) in [6, 6.07) is 12.9. The molecule has 3 N–H and O–H groups in total. The van der Waals surface area contributed by atoms with Crippen LogP contribution in [0.3, 0.4) is 0 Å². The van der Waals surface area contributed by atoms with Crippen LogP contribution in [-0.4, -0.2) is 88.3 Å². The number of aryl methyl sites for hydroxylation is 1. The van der Waals surface area contributed by atoms with Crippen molar-refractivity contribution in [1.82, 2.24) is 23.5 Å². The number of piperazine rings is 1. The van der Waals surface area contributed by atoms with Crippen molar-refractivity contribution in [1.29, 1.82) is 5.41 Å². The van der Waals surface area contributed by atoms with Crippen LogP contribution in [0.25, 0.3) is 5.65 Å². The van der Waals surface area contributed by atoms with Crippen molar-refractivity contribution in [3.8, 4) is 5.75 Å². The van der Waals surface area contributed by atoms with E-state index in [1.165, 1.54) is 26.9 Å². The van der Waals surface area contributed by atoms with Crippen LogP contribution in [0.2, 0.25) is 10.0 Å². The Hall–Kier alpha value is -4.50. The molecular formula is C33H33Cl2N7O6S. The number of amidine groups is 1. The number of carbonyl (C=O) groups excluding carboxylic acids is 2. The Kier molecular flexibility index (Phi) is 9.67. The molecule has 0 radical (unpaired) electrons. The van der Waals surface area contributed by atoms with Gasteiger partial charge in [-0.3, -0.25) is 24.2 Å². The van der Waals surface area contributed by atoms with Crippen LogP contribution in [0.1, 0.15) is 40.0 Å². The number of nitrogen functional groups attached to an aromatic ring is 1. The summed E-state index contributed by atoms with van der Waals surface area (Å²) in [6.45, 7) is 2.68. The molecular weight excluding hydrogens is 693 g/mol. The highest BCUT2D eigenvalue weighted by Gasteiger charge is 2.43. The minimum Gasteiger partial charge on any atom is -0.485 e. The molecule has 4 heterocycles. The normalized spacial score (nSPS) is 17.0. The molecule has 2 amide bonds. The Morgan fingerprint density at radius 1 is 1.00 bits per heavy atom. The molecule has 49 heavy (non-hydrogen) atoms. The topological polar surface area (TPSA) is 171 Å². The maximum Gasteiger partial charge on any atom is 0.258 e. The predicted octanol–water partition coefficient (Wildman–Crippen LogP) is 3.31. The summed E-state index contributed by atoms with van der Waals surface area (Å²) >= 11 is 13.2. The largest absolute Gasteiger partial charge is 0.485 e. The lowest BCUT2D eigenvalue weighted by Crippen LogP contribution is -2.55. The highest BCUT2D eigenvalue weighted by Crippen LogP contribution is 2.36. The van der Waals surface area contributed by atoms with Crippen molar-refractivity contribution in [2.45, 2.75) is 37.3 Å². The first-order valence-corrected chi connectivity index (χ1v) is 17.7. The first kappa shape index (κ1) is 34.4. The summed E-state index contributed by atoms with van der Waals surface area (Å²) in [5.41, 5.74) is 7.20. The van der Waals surface area contributed by atoms with Crippen LogP contribution < -0.4 is 16.0 Å². The van der Waals surface area contributed by atoms with Gasteiger partial charge in [0.2, 0.25) is 15.9 Å². The quantitative estimate of drug-likeness (QED) is 0.206. The molecule has 1 atom stereocenters. The molecule has 0 saturated carbocycles. The average Bonchev–Trinajstić information content (AvgIpc) is 3.59. The van der Waals surface area contributed by atoms with E-state index in [0.717, 1.165) is 0 Å². The number of halogens is 2. The lowest BCUT2D eigenvalue weighted by molar-refractivity contribution is -0.136. The number of carbonyl (C=O) groups is 2. The number of ether oxygens (including phenoxy) is 1. The zero-order chi connectivity index (χ0) is 35.0. The van der Waals surface area contributed by atoms with Crippen molar-refractivity contribution in [3.05, 3.63) is 104 Å². The molecule has 2 aromatic heterocycles. The molecule has 6 rings (SSSR count). The van der Waals surface area contributed by atoms with Gasteiger partial charge >= 0.3 is 0 Å². The fourth-order valence-corrected chi connectivity index (χ4v) is 8.62. The monoisotopic (exact) mass is 725 g/mol. The third kappa shape index (κ3) is 6.73. The van der Waals surface area contributed by atoms with Gasteiger partial charge in [-0.25, -0.2) is 13.4 Å². The van der Waals surface area contributed by atoms with E-state index in [-0.39, 0.29) is 94.4 Å². The molecule has 16 heteroatoms. The Morgan fingerprint density at radius 3 is 2.37 bits per heavy atom. The number of nitrogens with zero attached hydrogens (tertiary/aromatic N) is 5. The fraction of sp³-hybridized carbons (Fsp3) is 0.303. The highest BCUT2D eigenvalue weighted by molar-refractivity contribution is 7.89. The SMILES string of the molecule is Cc1cc(=O)n2cccc(OCc3c(Cl)ccc(S(=O)(=O)N4CCC[C@H]4C(=O)N4CCN(C(=O)c5ccc(C(=N)N)cc5)CC4)c3Cl)c2n1. The number of nitrogens with one attached hydrogen (secondary N) is 1. The Bertz CT molecular complexity index is 2130. The maximum atomic E-state index is 14.1. The van der Waals surface area contributed by atoms with E-state index in [1.807, 2.05) is 0 Å². The van der Waals surface area contributed by atoms with Gasteiger partial charge in [0.15, 0.2) is 11.4 Å². The smallest absolute Gasteiger partial charge is 0.258 e. The number of fused-ring (bicyclic) bond motifs is 1. The molecule has 0 bridgehead atoms. The Balaban J connectivity index is 1.16. The van der Waals surface area contributed by atoms with Crippen molar-refractivity contribution in [3.63, 3.8) is 0 Å². The summed E-state index contributed by atoms with van der Waals surface area (Å²) in [4.78, 5) is 46.6. The molecule has 13 nitrogen and oxygen atoms in total. The second kappa shape index (κ2) is 13.8. The number of amides is 2. The van der Waals surface area contributed by atoms with Crippen LogP contribution in [0.15, 0.2) is 70.5 Å². The summed E-state index contributed by atoms with van der Waals surface area (Å²) in [7, 11) is -4.25. The summed E-state index contributed by atoms with van der Waals surface area (Å²) in [5, 5.41) is 7.58. The van der Waals surface area contributed by atoms with Crippen molar-refractivity contribution < 1.29 is 22.7 Å². The van der Waals surface area contributed by atoms with Crippen LogP contribution in [0.5, 0.6) is 5.75 Å². The van der Waals surface area contributed by atoms with E-state index in [9.17, 15) is 22.8 Å². The lowest BCUT2D eigenvalue weighted by atomic mass is 10.1. The standard InChI is InChI=1S/C33H33Cl2N7O6S/c1-20-18-28(43)41-12-3-5-26(31(41)38-20)48-19-23-24(34)10-11-27(29(23)35)49(46,47)42-13-2-4-25(42)33(45)40-16-14-39(15-17-40)32(44)22-8-6-21(7-9-22)30(36)37/h3,5-12,18,25H,2,4,13-17,19H2,1H3,(H3,36,37)/t25-/m0/s1. The zero-order valence-corrected chi connectivity index (χ0v) is 28.8. The maximum absolute atomic E-state index is 14.1. The number of hydrogen-bond acceptors (Lipinski definition) is 8. The average molecular weight is 727 g/mol. The molecule has 2 aromatic carbocycles. The van der Waals surface area contributed by atoms with E-state index in [4.69, 9.17) is 39.1 Å². The third-order valence-electron chi connectivity index (χ3n) is 8.70. The lowest BCUT2D eigenvalue weighted by Gasteiger charge is -2.37. The summed E-state index contributed by atoms with van der Waals surface area (Å²) in [5.74, 6) is -0.347. The van der Waals surface area contributed by atoms with Crippen molar-refractivity contribution in [2.24, 2.45) is 5.73 Å². The minimum absolute atomic E-state index is 0.0912. The predicted molar refractivity (Wildman–Crippen MR) is 184 cm³/mol. The van der Waals surface area contributed by atoms with Crippen LogP contribution >= 0.6 is 23.2 Å². The number of rotatable bonds is 8. The molecule has 4 aromatic rings. The molecule has 0 unspecified atom stereocenters. The molecule has 256 valence electrons. The Labute approximate surface area is 292 Å².